The summed E-state index contributed by atoms with van der Waals surface area (Å²) in [5.41, 5.74) is 1.88. The van der Waals surface area contributed by atoms with Crippen LogP contribution in [0.2, 0.25) is 0 Å². The minimum atomic E-state index is -0.00983. The summed E-state index contributed by atoms with van der Waals surface area (Å²) in [4.78, 5) is 21.2. The lowest BCUT2D eigenvalue weighted by Gasteiger charge is -2.00. The molecule has 0 atom stereocenters. The Balaban J connectivity index is 2.13. The van der Waals surface area contributed by atoms with Gasteiger partial charge in [-0.3, -0.25) is 9.78 Å². The number of pyridine rings is 1. The fourth-order valence-corrected chi connectivity index (χ4v) is 2.65. The van der Waals surface area contributed by atoms with Crippen LogP contribution in [0.15, 0.2) is 37.2 Å². The molecule has 0 aromatic carbocycles. The SMILES string of the molecule is C=CCNC(=O)Cc1sc(-c2cccnc2)nc1C. The van der Waals surface area contributed by atoms with Gasteiger partial charge in [-0.2, -0.15) is 0 Å². The van der Waals surface area contributed by atoms with Gasteiger partial charge >= 0.3 is 0 Å². The van der Waals surface area contributed by atoms with Crippen LogP contribution in [-0.2, 0) is 11.2 Å². The number of hydrogen-bond acceptors (Lipinski definition) is 4. The van der Waals surface area contributed by atoms with Crippen molar-refractivity contribution in [1.82, 2.24) is 15.3 Å². The van der Waals surface area contributed by atoms with Crippen molar-refractivity contribution in [3.8, 4) is 10.6 Å². The number of carbonyl (C=O) groups is 1. The fourth-order valence-electron chi connectivity index (χ4n) is 1.60. The molecule has 0 spiro atoms. The van der Waals surface area contributed by atoms with E-state index in [9.17, 15) is 4.79 Å². The lowest BCUT2D eigenvalue weighted by Crippen LogP contribution is -2.24. The molecule has 0 aliphatic heterocycles. The first-order valence-corrected chi connectivity index (χ1v) is 6.76. The van der Waals surface area contributed by atoms with Crippen molar-refractivity contribution in [3.05, 3.63) is 47.8 Å². The molecule has 0 unspecified atom stereocenters. The number of nitrogens with one attached hydrogen (secondary N) is 1. The van der Waals surface area contributed by atoms with Crippen molar-refractivity contribution in [3.63, 3.8) is 0 Å². The number of carbonyl (C=O) groups excluding carboxylic acids is 1. The second kappa shape index (κ2) is 6.24. The van der Waals surface area contributed by atoms with Crippen LogP contribution < -0.4 is 5.32 Å². The highest BCUT2D eigenvalue weighted by Gasteiger charge is 2.12. The van der Waals surface area contributed by atoms with Crippen molar-refractivity contribution in [2.45, 2.75) is 13.3 Å². The summed E-state index contributed by atoms with van der Waals surface area (Å²) in [5, 5.41) is 3.67. The highest BCUT2D eigenvalue weighted by molar-refractivity contribution is 7.15. The lowest BCUT2D eigenvalue weighted by molar-refractivity contribution is -0.120. The Labute approximate surface area is 116 Å². The minimum Gasteiger partial charge on any atom is -0.352 e. The second-order valence-corrected chi connectivity index (χ2v) is 5.12. The number of aryl methyl sites for hydroxylation is 1. The number of amides is 1. The zero-order chi connectivity index (χ0) is 13.7. The Morgan fingerprint density at radius 1 is 1.58 bits per heavy atom. The molecule has 2 rings (SSSR count). The molecule has 0 bridgehead atoms. The molecule has 0 saturated heterocycles. The molecule has 2 heterocycles. The van der Waals surface area contributed by atoms with E-state index in [-0.39, 0.29) is 5.91 Å². The molecule has 19 heavy (non-hydrogen) atoms. The minimum absolute atomic E-state index is 0.00983. The summed E-state index contributed by atoms with van der Waals surface area (Å²) in [6.07, 6.45) is 5.53. The van der Waals surface area contributed by atoms with Crippen LogP contribution in [0.5, 0.6) is 0 Å². The largest absolute Gasteiger partial charge is 0.352 e. The van der Waals surface area contributed by atoms with Gasteiger partial charge in [-0.1, -0.05) is 6.08 Å². The van der Waals surface area contributed by atoms with Crippen molar-refractivity contribution in [2.75, 3.05) is 6.54 Å². The molecule has 1 N–H and O–H groups in total. The van der Waals surface area contributed by atoms with Gasteiger partial charge in [0.15, 0.2) is 0 Å². The predicted octanol–water partition coefficient (Wildman–Crippen LogP) is 2.36. The normalized spacial score (nSPS) is 10.2. The standard InChI is InChI=1S/C14H15N3OS/c1-3-6-16-13(18)8-12-10(2)17-14(19-12)11-5-4-7-15-9-11/h3-5,7,9H,1,6,8H2,2H3,(H,16,18). The highest BCUT2D eigenvalue weighted by atomic mass is 32.1. The average molecular weight is 273 g/mol. The fraction of sp³-hybridized carbons (Fsp3) is 0.214. The second-order valence-electron chi connectivity index (χ2n) is 4.04. The Bertz CT molecular complexity index is 578. The Kier molecular flexibility index (Phi) is 4.41. The predicted molar refractivity (Wildman–Crippen MR) is 77.0 cm³/mol. The van der Waals surface area contributed by atoms with Crippen molar-refractivity contribution in [1.29, 1.82) is 0 Å². The van der Waals surface area contributed by atoms with Crippen LogP contribution >= 0.6 is 11.3 Å². The maximum atomic E-state index is 11.7. The van der Waals surface area contributed by atoms with Crippen LogP contribution in [0.25, 0.3) is 10.6 Å². The zero-order valence-corrected chi connectivity index (χ0v) is 11.5. The quantitative estimate of drug-likeness (QED) is 0.851. The van der Waals surface area contributed by atoms with Crippen LogP contribution in [0, 0.1) is 6.92 Å². The topological polar surface area (TPSA) is 54.9 Å². The molecule has 4 nitrogen and oxygen atoms in total. The van der Waals surface area contributed by atoms with Gasteiger partial charge in [0.1, 0.15) is 5.01 Å². The van der Waals surface area contributed by atoms with Gasteiger partial charge in [0.2, 0.25) is 5.91 Å². The molecular weight excluding hydrogens is 258 g/mol. The van der Waals surface area contributed by atoms with E-state index in [1.54, 1.807) is 18.5 Å². The van der Waals surface area contributed by atoms with E-state index in [0.29, 0.717) is 13.0 Å². The molecule has 2 aromatic heterocycles. The summed E-state index contributed by atoms with van der Waals surface area (Å²) >= 11 is 1.54. The first-order chi connectivity index (χ1) is 9.20. The molecule has 1 amide bonds. The highest BCUT2D eigenvalue weighted by Crippen LogP contribution is 2.27. The van der Waals surface area contributed by atoms with E-state index in [1.807, 2.05) is 19.1 Å². The number of thiazole rings is 1. The Hall–Kier alpha value is -2.01. The van der Waals surface area contributed by atoms with Gasteiger partial charge in [0.25, 0.3) is 0 Å². The van der Waals surface area contributed by atoms with Crippen molar-refractivity contribution < 1.29 is 4.79 Å². The summed E-state index contributed by atoms with van der Waals surface area (Å²) in [5.74, 6) is -0.00983. The monoisotopic (exact) mass is 273 g/mol. The smallest absolute Gasteiger partial charge is 0.225 e. The number of rotatable bonds is 5. The molecule has 5 heteroatoms. The molecule has 0 aliphatic carbocycles. The van der Waals surface area contributed by atoms with Gasteiger partial charge in [0, 0.05) is 29.4 Å². The van der Waals surface area contributed by atoms with Gasteiger partial charge in [0.05, 0.1) is 12.1 Å². The summed E-state index contributed by atoms with van der Waals surface area (Å²) in [6, 6.07) is 3.84. The van der Waals surface area contributed by atoms with E-state index in [0.717, 1.165) is 21.1 Å². The van der Waals surface area contributed by atoms with Crippen LogP contribution in [0.3, 0.4) is 0 Å². The van der Waals surface area contributed by atoms with Gasteiger partial charge in [-0.25, -0.2) is 4.98 Å². The molecule has 0 fully saturated rings. The third-order valence-corrected chi connectivity index (χ3v) is 3.77. The summed E-state index contributed by atoms with van der Waals surface area (Å²) in [7, 11) is 0. The summed E-state index contributed by atoms with van der Waals surface area (Å²) < 4.78 is 0. The zero-order valence-electron chi connectivity index (χ0n) is 10.7. The molecular formula is C14H15N3OS. The number of aromatic nitrogens is 2. The summed E-state index contributed by atoms with van der Waals surface area (Å²) in [6.45, 7) is 5.98. The van der Waals surface area contributed by atoms with Gasteiger partial charge in [-0.15, -0.1) is 17.9 Å². The lowest BCUT2D eigenvalue weighted by atomic mass is 10.3. The van der Waals surface area contributed by atoms with E-state index < -0.39 is 0 Å². The van der Waals surface area contributed by atoms with Crippen LogP contribution in [0.4, 0.5) is 0 Å². The maximum absolute atomic E-state index is 11.7. The first kappa shape index (κ1) is 13.4. The van der Waals surface area contributed by atoms with Gasteiger partial charge in [-0.05, 0) is 19.1 Å². The number of hydrogen-bond donors (Lipinski definition) is 1. The Morgan fingerprint density at radius 2 is 2.42 bits per heavy atom. The van der Waals surface area contributed by atoms with Crippen LogP contribution in [0.1, 0.15) is 10.6 Å². The van der Waals surface area contributed by atoms with Crippen LogP contribution in [-0.4, -0.2) is 22.4 Å². The third-order valence-electron chi connectivity index (χ3n) is 2.57. The van der Waals surface area contributed by atoms with E-state index in [2.05, 4.69) is 21.9 Å². The van der Waals surface area contributed by atoms with Crippen molar-refractivity contribution in [2.24, 2.45) is 0 Å². The third kappa shape index (κ3) is 3.48. The molecule has 0 saturated carbocycles. The van der Waals surface area contributed by atoms with E-state index in [4.69, 9.17) is 0 Å². The van der Waals surface area contributed by atoms with Gasteiger partial charge < -0.3 is 5.32 Å². The number of nitrogens with zero attached hydrogens (tertiary/aromatic N) is 2. The van der Waals surface area contributed by atoms with E-state index in [1.165, 1.54) is 11.3 Å². The maximum Gasteiger partial charge on any atom is 0.225 e. The molecule has 98 valence electrons. The first-order valence-electron chi connectivity index (χ1n) is 5.95. The molecule has 2 aromatic rings. The average Bonchev–Trinajstić information content (AvgIpc) is 2.79. The van der Waals surface area contributed by atoms with E-state index >= 15 is 0 Å². The molecule has 0 radical (unpaired) electrons. The molecule has 0 aliphatic rings. The van der Waals surface area contributed by atoms with Crippen molar-refractivity contribution >= 4 is 17.2 Å². The Morgan fingerprint density at radius 3 is 3.11 bits per heavy atom.